The molecular formula is C18H12Br3NO3. The first-order chi connectivity index (χ1) is 12.0. The summed E-state index contributed by atoms with van der Waals surface area (Å²) >= 11 is 10.4. The summed E-state index contributed by atoms with van der Waals surface area (Å²) in [6.07, 6.45) is 1.68. The van der Waals surface area contributed by atoms with Crippen molar-refractivity contribution in [3.05, 3.63) is 66.6 Å². The highest BCUT2D eigenvalue weighted by molar-refractivity contribution is 9.11. The predicted octanol–water partition coefficient (Wildman–Crippen LogP) is 5.72. The average Bonchev–Trinajstić information content (AvgIpc) is 2.92. The van der Waals surface area contributed by atoms with Crippen molar-refractivity contribution in [3.8, 4) is 5.75 Å². The Labute approximate surface area is 170 Å². The molecule has 7 heteroatoms. The number of benzene rings is 2. The summed E-state index contributed by atoms with van der Waals surface area (Å²) in [5, 5.41) is 0. The van der Waals surface area contributed by atoms with Crippen LogP contribution in [0.3, 0.4) is 0 Å². The minimum atomic E-state index is -0.480. The van der Waals surface area contributed by atoms with Gasteiger partial charge in [-0.05, 0) is 90.6 Å². The lowest BCUT2D eigenvalue weighted by molar-refractivity contribution is -0.129. The predicted molar refractivity (Wildman–Crippen MR) is 108 cm³/mol. The maximum absolute atomic E-state index is 12.1. The van der Waals surface area contributed by atoms with E-state index in [1.54, 1.807) is 6.08 Å². The monoisotopic (exact) mass is 527 g/mol. The van der Waals surface area contributed by atoms with Gasteiger partial charge >= 0.3 is 5.97 Å². The Morgan fingerprint density at radius 1 is 1.12 bits per heavy atom. The Kier molecular flexibility index (Phi) is 5.76. The van der Waals surface area contributed by atoms with Crippen LogP contribution in [0.15, 0.2) is 60.5 Å². The van der Waals surface area contributed by atoms with E-state index in [1.165, 1.54) is 0 Å². The van der Waals surface area contributed by atoms with Gasteiger partial charge in [-0.15, -0.1) is 0 Å². The highest BCUT2D eigenvalue weighted by Crippen LogP contribution is 2.35. The molecule has 1 aliphatic heterocycles. The molecular weight excluding hydrogens is 518 g/mol. The molecule has 0 unspecified atom stereocenters. The molecule has 0 spiro atoms. The van der Waals surface area contributed by atoms with Crippen molar-refractivity contribution in [1.82, 2.24) is 0 Å². The largest absolute Gasteiger partial charge is 0.492 e. The van der Waals surface area contributed by atoms with E-state index in [2.05, 4.69) is 52.8 Å². The van der Waals surface area contributed by atoms with Crippen molar-refractivity contribution in [2.75, 3.05) is 6.61 Å². The van der Waals surface area contributed by atoms with Crippen molar-refractivity contribution < 1.29 is 14.3 Å². The van der Waals surface area contributed by atoms with Gasteiger partial charge in [0.05, 0.1) is 21.1 Å². The first-order valence-electron chi connectivity index (χ1n) is 7.39. The minimum Gasteiger partial charge on any atom is -0.492 e. The molecule has 0 N–H and O–H groups in total. The van der Waals surface area contributed by atoms with Crippen LogP contribution in [0.4, 0.5) is 0 Å². The van der Waals surface area contributed by atoms with Crippen LogP contribution in [0.1, 0.15) is 18.1 Å². The van der Waals surface area contributed by atoms with Crippen LogP contribution in [0.5, 0.6) is 5.75 Å². The number of carbonyl (C=O) groups excluding carboxylic acids is 1. The number of hydrogen-bond acceptors (Lipinski definition) is 4. The quantitative estimate of drug-likeness (QED) is 0.376. The second-order valence-corrected chi connectivity index (χ2v) is 7.63. The fourth-order valence-electron chi connectivity index (χ4n) is 2.26. The van der Waals surface area contributed by atoms with E-state index >= 15 is 0 Å². The third-order valence-electron chi connectivity index (χ3n) is 3.34. The summed E-state index contributed by atoms with van der Waals surface area (Å²) in [4.78, 5) is 16.5. The molecule has 0 saturated carbocycles. The van der Waals surface area contributed by atoms with Crippen LogP contribution in [-0.4, -0.2) is 18.5 Å². The van der Waals surface area contributed by atoms with Crippen molar-refractivity contribution in [3.63, 3.8) is 0 Å². The van der Waals surface area contributed by atoms with E-state index in [9.17, 15) is 4.79 Å². The number of nitrogens with zero attached hydrogens (tertiary/aromatic N) is 1. The normalized spacial score (nSPS) is 15.3. The van der Waals surface area contributed by atoms with E-state index in [4.69, 9.17) is 9.47 Å². The number of rotatable bonds is 4. The molecule has 0 fully saturated rings. The molecule has 0 atom stereocenters. The maximum atomic E-state index is 12.1. The van der Waals surface area contributed by atoms with Gasteiger partial charge in [0.15, 0.2) is 5.70 Å². The SMILES string of the molecule is CCOc1c(Br)cc(/C=C2\N=C(c3ccccc3Br)OC2=O)cc1Br. The number of halogens is 3. The van der Waals surface area contributed by atoms with Crippen LogP contribution in [0.2, 0.25) is 0 Å². The Hall–Kier alpha value is -1.44. The number of aliphatic imine (C=N–C) groups is 1. The molecule has 0 amide bonds. The Morgan fingerprint density at radius 2 is 1.80 bits per heavy atom. The van der Waals surface area contributed by atoms with Crippen LogP contribution >= 0.6 is 47.8 Å². The summed E-state index contributed by atoms with van der Waals surface area (Å²) < 4.78 is 13.3. The zero-order valence-electron chi connectivity index (χ0n) is 13.1. The van der Waals surface area contributed by atoms with Crippen molar-refractivity contribution in [2.45, 2.75) is 6.92 Å². The van der Waals surface area contributed by atoms with Gasteiger partial charge in [-0.1, -0.05) is 12.1 Å². The molecule has 1 heterocycles. The molecule has 25 heavy (non-hydrogen) atoms. The van der Waals surface area contributed by atoms with Gasteiger partial charge in [0.1, 0.15) is 5.75 Å². The minimum absolute atomic E-state index is 0.244. The van der Waals surface area contributed by atoms with Gasteiger partial charge in [-0.2, -0.15) is 0 Å². The number of esters is 1. The standard InChI is InChI=1S/C18H12Br3NO3/c1-2-24-16-13(20)7-10(8-14(16)21)9-15-18(23)25-17(22-15)11-5-3-4-6-12(11)19/h3-9H,2H2,1H3/b15-9-. The molecule has 0 bridgehead atoms. The molecule has 1 aliphatic rings. The lowest BCUT2D eigenvalue weighted by atomic mass is 10.2. The smallest absolute Gasteiger partial charge is 0.363 e. The van der Waals surface area contributed by atoms with Gasteiger partial charge in [-0.25, -0.2) is 9.79 Å². The Bertz CT molecular complexity index is 883. The van der Waals surface area contributed by atoms with E-state index in [-0.39, 0.29) is 11.6 Å². The summed E-state index contributed by atoms with van der Waals surface area (Å²) in [5.74, 6) is 0.524. The summed E-state index contributed by atoms with van der Waals surface area (Å²) in [6.45, 7) is 2.48. The van der Waals surface area contributed by atoms with Crippen molar-refractivity contribution in [2.24, 2.45) is 4.99 Å². The summed E-state index contributed by atoms with van der Waals surface area (Å²) in [6, 6.07) is 11.2. The van der Waals surface area contributed by atoms with E-state index in [1.807, 2.05) is 43.3 Å². The maximum Gasteiger partial charge on any atom is 0.363 e. The zero-order chi connectivity index (χ0) is 18.0. The topological polar surface area (TPSA) is 47.9 Å². The van der Waals surface area contributed by atoms with Crippen LogP contribution in [0.25, 0.3) is 6.08 Å². The number of ether oxygens (including phenoxy) is 2. The fraction of sp³-hybridized carbons (Fsp3) is 0.111. The third-order valence-corrected chi connectivity index (χ3v) is 5.21. The lowest BCUT2D eigenvalue weighted by Crippen LogP contribution is -2.05. The first-order valence-corrected chi connectivity index (χ1v) is 9.76. The Balaban J connectivity index is 1.96. The highest BCUT2D eigenvalue weighted by Gasteiger charge is 2.25. The van der Waals surface area contributed by atoms with Gasteiger partial charge in [0.2, 0.25) is 5.90 Å². The molecule has 4 nitrogen and oxygen atoms in total. The van der Waals surface area contributed by atoms with Gasteiger partial charge in [-0.3, -0.25) is 0 Å². The van der Waals surface area contributed by atoms with E-state index < -0.39 is 5.97 Å². The van der Waals surface area contributed by atoms with E-state index in [0.717, 1.165) is 30.3 Å². The molecule has 128 valence electrons. The average molecular weight is 530 g/mol. The van der Waals surface area contributed by atoms with E-state index in [0.29, 0.717) is 6.61 Å². The Morgan fingerprint density at radius 3 is 2.44 bits per heavy atom. The molecule has 0 aliphatic carbocycles. The third kappa shape index (κ3) is 4.04. The van der Waals surface area contributed by atoms with Crippen molar-refractivity contribution >= 4 is 65.7 Å². The molecule has 3 rings (SSSR count). The molecule has 2 aromatic rings. The first kappa shape index (κ1) is 18.4. The van der Waals surface area contributed by atoms with Gasteiger partial charge in [0, 0.05) is 4.47 Å². The van der Waals surface area contributed by atoms with Crippen molar-refractivity contribution in [1.29, 1.82) is 0 Å². The second-order valence-electron chi connectivity index (χ2n) is 5.06. The van der Waals surface area contributed by atoms with Crippen LogP contribution in [-0.2, 0) is 9.53 Å². The fourth-order valence-corrected chi connectivity index (χ4v) is 4.17. The summed E-state index contributed by atoms with van der Waals surface area (Å²) in [5.41, 5.74) is 1.77. The zero-order valence-corrected chi connectivity index (χ0v) is 17.8. The molecule has 0 radical (unpaired) electrons. The highest BCUT2D eigenvalue weighted by atomic mass is 79.9. The van der Waals surface area contributed by atoms with Gasteiger partial charge < -0.3 is 9.47 Å². The number of cyclic esters (lactones) is 1. The van der Waals surface area contributed by atoms with Crippen LogP contribution in [0, 0.1) is 0 Å². The molecule has 0 saturated heterocycles. The lowest BCUT2D eigenvalue weighted by Gasteiger charge is -2.09. The van der Waals surface area contributed by atoms with Crippen LogP contribution < -0.4 is 4.74 Å². The second kappa shape index (κ2) is 7.85. The molecule has 0 aromatic heterocycles. The van der Waals surface area contributed by atoms with Gasteiger partial charge in [0.25, 0.3) is 0 Å². The number of carbonyl (C=O) groups is 1. The number of hydrogen-bond donors (Lipinski definition) is 0. The molecule has 2 aromatic carbocycles. The summed E-state index contributed by atoms with van der Waals surface area (Å²) in [7, 11) is 0.